The van der Waals surface area contributed by atoms with E-state index in [1.54, 1.807) is 12.4 Å². The van der Waals surface area contributed by atoms with E-state index in [0.29, 0.717) is 12.1 Å². The molecular weight excluding hydrogens is 247 g/mol. The molecule has 0 fully saturated rings. The van der Waals surface area contributed by atoms with Crippen LogP contribution in [0.4, 0.5) is 4.39 Å². The molecule has 1 unspecified atom stereocenters. The number of aromatic nitrogens is 3. The Labute approximate surface area is 111 Å². The molecule has 0 bridgehead atoms. The van der Waals surface area contributed by atoms with E-state index >= 15 is 0 Å². The van der Waals surface area contributed by atoms with Crippen LogP contribution in [0.5, 0.6) is 5.75 Å². The summed E-state index contributed by atoms with van der Waals surface area (Å²) in [5.74, 6) is 0.414. The molecule has 2 N–H and O–H groups in total. The highest BCUT2D eigenvalue weighted by molar-refractivity contribution is 5.29. The summed E-state index contributed by atoms with van der Waals surface area (Å²) in [4.78, 5) is 0. The molecular formula is C13H17FN4O. The lowest BCUT2D eigenvalue weighted by Gasteiger charge is -2.15. The summed E-state index contributed by atoms with van der Waals surface area (Å²) < 4.78 is 15.5. The number of phenols is 1. The first-order valence-corrected chi connectivity index (χ1v) is 6.12. The molecule has 5 nitrogen and oxygen atoms in total. The summed E-state index contributed by atoms with van der Waals surface area (Å²) in [6, 6.07) is 4.06. The van der Waals surface area contributed by atoms with Crippen molar-refractivity contribution >= 4 is 0 Å². The number of halogens is 1. The van der Waals surface area contributed by atoms with Gasteiger partial charge in [-0.05, 0) is 13.0 Å². The first-order valence-electron chi connectivity index (χ1n) is 6.12. The molecule has 2 rings (SSSR count). The molecule has 1 aromatic carbocycles. The number of aromatic hydroxyl groups is 1. The number of nitrogens with zero attached hydrogens (tertiary/aromatic N) is 3. The van der Waals surface area contributed by atoms with E-state index in [-0.39, 0.29) is 11.8 Å². The topological polar surface area (TPSA) is 63.0 Å². The van der Waals surface area contributed by atoms with Gasteiger partial charge in [-0.1, -0.05) is 6.07 Å². The van der Waals surface area contributed by atoms with E-state index in [0.717, 1.165) is 18.3 Å². The Balaban J connectivity index is 1.91. The third kappa shape index (κ3) is 3.29. The third-order valence-corrected chi connectivity index (χ3v) is 3.05. The van der Waals surface area contributed by atoms with Crippen molar-refractivity contribution in [3.05, 3.63) is 41.7 Å². The van der Waals surface area contributed by atoms with Gasteiger partial charge in [0.15, 0.2) is 0 Å². The van der Waals surface area contributed by atoms with E-state index in [2.05, 4.69) is 15.5 Å². The van der Waals surface area contributed by atoms with Gasteiger partial charge in [-0.3, -0.25) is 0 Å². The molecule has 0 aliphatic heterocycles. The summed E-state index contributed by atoms with van der Waals surface area (Å²) in [5.41, 5.74) is 0.538. The zero-order valence-corrected chi connectivity index (χ0v) is 11.0. The summed E-state index contributed by atoms with van der Waals surface area (Å²) >= 11 is 0. The SMILES string of the molecule is CC(NCCc1nncn1C)c1ccc(O)cc1F. The van der Waals surface area contributed by atoms with Crippen LogP contribution in [0.2, 0.25) is 0 Å². The highest BCUT2D eigenvalue weighted by Gasteiger charge is 2.11. The van der Waals surface area contributed by atoms with Crippen LogP contribution in [0, 0.1) is 5.82 Å². The van der Waals surface area contributed by atoms with Crippen molar-refractivity contribution in [2.75, 3.05) is 6.54 Å². The van der Waals surface area contributed by atoms with Crippen LogP contribution in [-0.2, 0) is 13.5 Å². The van der Waals surface area contributed by atoms with Gasteiger partial charge in [0.25, 0.3) is 0 Å². The largest absolute Gasteiger partial charge is 0.508 e. The number of phenolic OH excluding ortho intramolecular Hbond substituents is 1. The maximum Gasteiger partial charge on any atom is 0.133 e. The van der Waals surface area contributed by atoms with Gasteiger partial charge < -0.3 is 15.0 Å². The lowest BCUT2D eigenvalue weighted by molar-refractivity contribution is 0.463. The number of aryl methyl sites for hydroxylation is 1. The second-order valence-electron chi connectivity index (χ2n) is 4.49. The molecule has 19 heavy (non-hydrogen) atoms. The number of rotatable bonds is 5. The summed E-state index contributed by atoms with van der Waals surface area (Å²) in [6.45, 7) is 2.56. The molecule has 0 saturated heterocycles. The summed E-state index contributed by atoms with van der Waals surface area (Å²) in [7, 11) is 1.89. The fourth-order valence-corrected chi connectivity index (χ4v) is 1.91. The monoisotopic (exact) mass is 264 g/mol. The number of benzene rings is 1. The maximum atomic E-state index is 13.6. The van der Waals surface area contributed by atoms with Crippen molar-refractivity contribution in [1.29, 1.82) is 0 Å². The Kier molecular flexibility index (Phi) is 4.11. The second kappa shape index (κ2) is 5.79. The number of hydrogen-bond acceptors (Lipinski definition) is 4. The number of hydrogen-bond donors (Lipinski definition) is 2. The van der Waals surface area contributed by atoms with Crippen LogP contribution in [0.25, 0.3) is 0 Å². The van der Waals surface area contributed by atoms with E-state index < -0.39 is 5.82 Å². The van der Waals surface area contributed by atoms with Gasteiger partial charge in [-0.2, -0.15) is 0 Å². The van der Waals surface area contributed by atoms with Gasteiger partial charge in [0, 0.05) is 37.7 Å². The van der Waals surface area contributed by atoms with Crippen molar-refractivity contribution in [3.63, 3.8) is 0 Å². The highest BCUT2D eigenvalue weighted by atomic mass is 19.1. The minimum atomic E-state index is -0.404. The first-order chi connectivity index (χ1) is 9.08. The fraction of sp³-hybridized carbons (Fsp3) is 0.385. The van der Waals surface area contributed by atoms with Crippen molar-refractivity contribution in [2.24, 2.45) is 7.05 Å². The molecule has 0 aliphatic carbocycles. The zero-order valence-electron chi connectivity index (χ0n) is 11.0. The Hall–Kier alpha value is -1.95. The van der Waals surface area contributed by atoms with Crippen molar-refractivity contribution in [3.8, 4) is 5.75 Å². The Bertz CT molecular complexity index is 555. The molecule has 6 heteroatoms. The molecule has 0 amide bonds. The average molecular weight is 264 g/mol. The van der Waals surface area contributed by atoms with Crippen molar-refractivity contribution in [2.45, 2.75) is 19.4 Å². The normalized spacial score (nSPS) is 12.6. The van der Waals surface area contributed by atoms with Crippen LogP contribution in [0.15, 0.2) is 24.5 Å². The fourth-order valence-electron chi connectivity index (χ4n) is 1.91. The minimum Gasteiger partial charge on any atom is -0.508 e. The average Bonchev–Trinajstić information content (AvgIpc) is 2.75. The molecule has 0 radical (unpaired) electrons. The molecule has 1 atom stereocenters. The Morgan fingerprint density at radius 1 is 1.47 bits per heavy atom. The minimum absolute atomic E-state index is 0.0625. The number of nitrogens with one attached hydrogen (secondary N) is 1. The summed E-state index contributed by atoms with van der Waals surface area (Å²) in [6.07, 6.45) is 2.37. The van der Waals surface area contributed by atoms with E-state index in [1.807, 2.05) is 18.5 Å². The molecule has 0 spiro atoms. The van der Waals surface area contributed by atoms with Crippen LogP contribution in [0.1, 0.15) is 24.4 Å². The molecule has 0 saturated carbocycles. The molecule has 0 aliphatic rings. The van der Waals surface area contributed by atoms with E-state index in [9.17, 15) is 9.50 Å². The van der Waals surface area contributed by atoms with E-state index in [1.165, 1.54) is 6.07 Å². The predicted octanol–water partition coefficient (Wildman–Crippen LogP) is 1.55. The molecule has 2 aromatic rings. The van der Waals surface area contributed by atoms with Gasteiger partial charge in [0.05, 0.1) is 0 Å². The maximum absolute atomic E-state index is 13.6. The van der Waals surface area contributed by atoms with Crippen LogP contribution < -0.4 is 5.32 Å². The first kappa shape index (κ1) is 13.5. The van der Waals surface area contributed by atoms with Crippen LogP contribution in [0.3, 0.4) is 0 Å². The van der Waals surface area contributed by atoms with Gasteiger partial charge in [-0.15, -0.1) is 10.2 Å². The quantitative estimate of drug-likeness (QED) is 0.860. The van der Waals surface area contributed by atoms with Crippen LogP contribution >= 0.6 is 0 Å². The lowest BCUT2D eigenvalue weighted by Crippen LogP contribution is -2.23. The van der Waals surface area contributed by atoms with Gasteiger partial charge in [0.1, 0.15) is 23.7 Å². The molecule has 102 valence electrons. The lowest BCUT2D eigenvalue weighted by atomic mass is 10.1. The second-order valence-corrected chi connectivity index (χ2v) is 4.49. The van der Waals surface area contributed by atoms with Crippen molar-refractivity contribution in [1.82, 2.24) is 20.1 Å². The van der Waals surface area contributed by atoms with Crippen molar-refractivity contribution < 1.29 is 9.50 Å². The standard InChI is InChI=1S/C13H17FN4O/c1-9(11-4-3-10(19)7-12(11)14)15-6-5-13-17-16-8-18(13)2/h3-4,7-9,15,19H,5-6H2,1-2H3. The smallest absolute Gasteiger partial charge is 0.133 e. The Morgan fingerprint density at radius 2 is 2.26 bits per heavy atom. The van der Waals surface area contributed by atoms with Gasteiger partial charge in [0.2, 0.25) is 0 Å². The molecule has 1 aromatic heterocycles. The highest BCUT2D eigenvalue weighted by Crippen LogP contribution is 2.20. The third-order valence-electron chi connectivity index (χ3n) is 3.05. The van der Waals surface area contributed by atoms with E-state index in [4.69, 9.17) is 0 Å². The van der Waals surface area contributed by atoms with Gasteiger partial charge >= 0.3 is 0 Å². The Morgan fingerprint density at radius 3 is 2.89 bits per heavy atom. The molecule has 1 heterocycles. The predicted molar refractivity (Wildman–Crippen MR) is 69.2 cm³/mol. The van der Waals surface area contributed by atoms with Gasteiger partial charge in [-0.25, -0.2) is 4.39 Å². The van der Waals surface area contributed by atoms with Crippen LogP contribution in [-0.4, -0.2) is 26.4 Å². The zero-order chi connectivity index (χ0) is 13.8. The summed E-state index contributed by atoms with van der Waals surface area (Å²) in [5, 5.41) is 20.2.